The molecule has 20 heavy (non-hydrogen) atoms. The molecule has 1 aliphatic rings. The largest absolute Gasteiger partial charge is 0.497 e. The Morgan fingerprint density at radius 1 is 1.40 bits per heavy atom. The summed E-state index contributed by atoms with van der Waals surface area (Å²) in [5.74, 6) is 2.73. The molecule has 2 rings (SSSR count). The lowest BCUT2D eigenvalue weighted by molar-refractivity contribution is -0.131. The van der Waals surface area contributed by atoms with Crippen LogP contribution in [0.25, 0.3) is 0 Å². The zero-order chi connectivity index (χ0) is 14.5. The molecule has 1 aliphatic heterocycles. The third kappa shape index (κ3) is 3.03. The van der Waals surface area contributed by atoms with Gasteiger partial charge in [-0.05, 0) is 18.6 Å². The molecule has 5 heteroatoms. The highest BCUT2D eigenvalue weighted by molar-refractivity contribution is 7.99. The van der Waals surface area contributed by atoms with Crippen molar-refractivity contribution in [1.29, 1.82) is 0 Å². The average Bonchev–Trinajstić information content (AvgIpc) is 2.96. The molecule has 1 amide bonds. The van der Waals surface area contributed by atoms with Gasteiger partial charge in [-0.15, -0.1) is 11.8 Å². The van der Waals surface area contributed by atoms with E-state index in [-0.39, 0.29) is 11.3 Å². The van der Waals surface area contributed by atoms with Crippen LogP contribution in [0.4, 0.5) is 0 Å². The topological polar surface area (TPSA) is 38.8 Å². The number of hydrogen-bond donors (Lipinski definition) is 0. The molecule has 1 saturated heterocycles. The minimum absolute atomic E-state index is 0.0508. The number of nitrogens with zero attached hydrogens (tertiary/aromatic N) is 1. The highest BCUT2D eigenvalue weighted by Gasteiger charge is 2.32. The monoisotopic (exact) mass is 295 g/mol. The number of amides is 1. The Morgan fingerprint density at radius 3 is 2.85 bits per heavy atom. The molecule has 1 fully saturated rings. The first kappa shape index (κ1) is 15.0. The minimum atomic E-state index is 0.0508. The molecule has 1 heterocycles. The van der Waals surface area contributed by atoms with Gasteiger partial charge in [0, 0.05) is 30.3 Å². The lowest BCUT2D eigenvalue weighted by atomic mass is 10.1. The van der Waals surface area contributed by atoms with Crippen molar-refractivity contribution in [2.75, 3.05) is 26.5 Å². The number of methoxy groups -OCH3 is 2. The highest BCUT2D eigenvalue weighted by Crippen LogP contribution is 2.43. The molecule has 1 aromatic carbocycles. The number of rotatable bonds is 5. The van der Waals surface area contributed by atoms with Gasteiger partial charge in [-0.2, -0.15) is 0 Å². The number of benzene rings is 1. The quantitative estimate of drug-likeness (QED) is 0.837. The van der Waals surface area contributed by atoms with E-state index in [1.54, 1.807) is 26.0 Å². The number of ether oxygens (including phenoxy) is 2. The molecule has 0 radical (unpaired) electrons. The third-order valence-corrected chi connectivity index (χ3v) is 4.62. The Hall–Kier alpha value is -1.36. The summed E-state index contributed by atoms with van der Waals surface area (Å²) in [5.41, 5.74) is 1.04. The van der Waals surface area contributed by atoms with Gasteiger partial charge in [-0.25, -0.2) is 0 Å². The van der Waals surface area contributed by atoms with Crippen LogP contribution in [-0.4, -0.2) is 37.3 Å². The maximum absolute atomic E-state index is 12.2. The van der Waals surface area contributed by atoms with Gasteiger partial charge in [0.2, 0.25) is 5.91 Å². The first-order valence-corrected chi connectivity index (χ1v) is 7.89. The summed E-state index contributed by atoms with van der Waals surface area (Å²) in [5, 5.41) is 0.0508. The Bertz CT molecular complexity index is 478. The normalized spacial score (nSPS) is 18.1. The van der Waals surface area contributed by atoms with E-state index in [0.717, 1.165) is 35.8 Å². The van der Waals surface area contributed by atoms with E-state index in [1.807, 2.05) is 30.0 Å². The van der Waals surface area contributed by atoms with Crippen molar-refractivity contribution in [3.63, 3.8) is 0 Å². The number of carbonyl (C=O) groups is 1. The summed E-state index contributed by atoms with van der Waals surface area (Å²) in [4.78, 5) is 14.2. The van der Waals surface area contributed by atoms with Gasteiger partial charge < -0.3 is 14.4 Å². The molecule has 0 saturated carbocycles. The van der Waals surface area contributed by atoms with E-state index >= 15 is 0 Å². The molecule has 1 unspecified atom stereocenters. The molecule has 0 aliphatic carbocycles. The summed E-state index contributed by atoms with van der Waals surface area (Å²) in [6.45, 7) is 2.84. The average molecular weight is 295 g/mol. The van der Waals surface area contributed by atoms with Crippen LogP contribution >= 0.6 is 11.8 Å². The Morgan fingerprint density at radius 2 is 2.20 bits per heavy atom. The molecule has 0 N–H and O–H groups in total. The van der Waals surface area contributed by atoms with Crippen LogP contribution in [0, 0.1) is 0 Å². The standard InChI is InChI=1S/C15H21NO3S/c1-4-5-14(17)16-8-9-20-15(16)12-7-6-11(18-2)10-13(12)19-3/h6-7,10,15H,4-5,8-9H2,1-3H3. The first-order valence-electron chi connectivity index (χ1n) is 6.84. The van der Waals surface area contributed by atoms with Crippen molar-refractivity contribution in [3.8, 4) is 11.5 Å². The second-order valence-electron chi connectivity index (χ2n) is 4.67. The molecule has 1 atom stereocenters. The lowest BCUT2D eigenvalue weighted by Crippen LogP contribution is -2.30. The van der Waals surface area contributed by atoms with Crippen LogP contribution in [0.2, 0.25) is 0 Å². The highest BCUT2D eigenvalue weighted by atomic mass is 32.2. The summed E-state index contributed by atoms with van der Waals surface area (Å²) in [7, 11) is 3.28. The fourth-order valence-electron chi connectivity index (χ4n) is 2.36. The van der Waals surface area contributed by atoms with Crippen LogP contribution in [0.5, 0.6) is 11.5 Å². The summed E-state index contributed by atoms with van der Waals surface area (Å²) in [6.07, 6.45) is 1.49. The maximum atomic E-state index is 12.2. The van der Waals surface area contributed by atoms with Gasteiger partial charge in [0.25, 0.3) is 0 Å². The van der Waals surface area contributed by atoms with Gasteiger partial charge >= 0.3 is 0 Å². The molecule has 1 aromatic rings. The van der Waals surface area contributed by atoms with Crippen LogP contribution in [0.3, 0.4) is 0 Å². The molecule has 4 nitrogen and oxygen atoms in total. The van der Waals surface area contributed by atoms with Gasteiger partial charge in [0.05, 0.1) is 14.2 Å². The second-order valence-corrected chi connectivity index (χ2v) is 5.86. The van der Waals surface area contributed by atoms with Gasteiger partial charge in [-0.3, -0.25) is 4.79 Å². The van der Waals surface area contributed by atoms with E-state index < -0.39 is 0 Å². The van der Waals surface area contributed by atoms with Gasteiger partial charge in [-0.1, -0.05) is 6.92 Å². The van der Waals surface area contributed by atoms with E-state index in [9.17, 15) is 4.79 Å². The maximum Gasteiger partial charge on any atom is 0.223 e. The summed E-state index contributed by atoms with van der Waals surface area (Å²) in [6, 6.07) is 5.78. The fraction of sp³-hybridized carbons (Fsp3) is 0.533. The molecule has 110 valence electrons. The van der Waals surface area contributed by atoms with Crippen LogP contribution in [-0.2, 0) is 4.79 Å². The Kier molecular flexibility index (Phi) is 5.17. The fourth-order valence-corrected chi connectivity index (χ4v) is 3.67. The smallest absolute Gasteiger partial charge is 0.223 e. The lowest BCUT2D eigenvalue weighted by Gasteiger charge is -2.25. The zero-order valence-corrected chi connectivity index (χ0v) is 13.0. The SMILES string of the molecule is CCCC(=O)N1CCSC1c1ccc(OC)cc1OC. The van der Waals surface area contributed by atoms with Gasteiger partial charge in [0.1, 0.15) is 16.9 Å². The van der Waals surface area contributed by atoms with E-state index in [2.05, 4.69) is 0 Å². The van der Waals surface area contributed by atoms with Crippen molar-refractivity contribution in [2.45, 2.75) is 25.1 Å². The van der Waals surface area contributed by atoms with E-state index in [0.29, 0.717) is 6.42 Å². The molecular weight excluding hydrogens is 274 g/mol. The van der Waals surface area contributed by atoms with E-state index in [1.165, 1.54) is 0 Å². The van der Waals surface area contributed by atoms with Crippen molar-refractivity contribution in [2.24, 2.45) is 0 Å². The molecular formula is C15H21NO3S. The molecule has 0 bridgehead atoms. The van der Waals surface area contributed by atoms with Crippen LogP contribution in [0.15, 0.2) is 18.2 Å². The predicted molar refractivity (Wildman–Crippen MR) is 81.4 cm³/mol. The van der Waals surface area contributed by atoms with Crippen LogP contribution < -0.4 is 9.47 Å². The number of carbonyl (C=O) groups excluding carboxylic acids is 1. The molecule has 0 spiro atoms. The summed E-state index contributed by atoms with van der Waals surface area (Å²) < 4.78 is 10.7. The van der Waals surface area contributed by atoms with Crippen molar-refractivity contribution in [3.05, 3.63) is 23.8 Å². The zero-order valence-electron chi connectivity index (χ0n) is 12.2. The Labute approximate surface area is 124 Å². The predicted octanol–water partition coefficient (Wildman–Crippen LogP) is 3.08. The number of thioether (sulfide) groups is 1. The summed E-state index contributed by atoms with van der Waals surface area (Å²) >= 11 is 1.79. The van der Waals surface area contributed by atoms with Crippen molar-refractivity contribution in [1.82, 2.24) is 4.90 Å². The first-order chi connectivity index (χ1) is 9.71. The minimum Gasteiger partial charge on any atom is -0.497 e. The van der Waals surface area contributed by atoms with Gasteiger partial charge in [0.15, 0.2) is 0 Å². The van der Waals surface area contributed by atoms with Crippen LogP contribution in [0.1, 0.15) is 30.7 Å². The van der Waals surface area contributed by atoms with Crippen molar-refractivity contribution < 1.29 is 14.3 Å². The molecule has 0 aromatic heterocycles. The number of hydrogen-bond acceptors (Lipinski definition) is 4. The van der Waals surface area contributed by atoms with Crippen molar-refractivity contribution >= 4 is 17.7 Å². The second kappa shape index (κ2) is 6.88. The van der Waals surface area contributed by atoms with E-state index in [4.69, 9.17) is 9.47 Å². The Balaban J connectivity index is 2.27. The third-order valence-electron chi connectivity index (χ3n) is 3.38.